The second-order valence-electron chi connectivity index (χ2n) is 7.43. The summed E-state index contributed by atoms with van der Waals surface area (Å²) >= 11 is 0. The third kappa shape index (κ3) is 3.93. The molecule has 0 unspecified atom stereocenters. The minimum atomic E-state index is 0.0630. The lowest BCUT2D eigenvalue weighted by Crippen LogP contribution is -2.50. The molecule has 5 heteroatoms. The van der Waals surface area contributed by atoms with Gasteiger partial charge in [0.1, 0.15) is 11.5 Å². The molecule has 0 bridgehead atoms. The minimum absolute atomic E-state index is 0.0630. The first-order valence-electron chi connectivity index (χ1n) is 10.2. The van der Waals surface area contributed by atoms with Crippen molar-refractivity contribution in [3.05, 3.63) is 53.6 Å². The van der Waals surface area contributed by atoms with Crippen molar-refractivity contribution in [3.8, 4) is 11.5 Å². The van der Waals surface area contributed by atoms with Gasteiger partial charge in [0.05, 0.1) is 12.8 Å². The van der Waals surface area contributed by atoms with Crippen molar-refractivity contribution in [2.45, 2.75) is 25.7 Å². The number of carbonyl (C=O) groups is 1. The standard InChI is InChI=1S/C23H28N2O3/c1-27-22-11-5-4-10-20(22)24-13-15-25(16-14-24)23(26)17-28-21-12-6-8-18-7-2-3-9-19(18)21/h4-6,8,10-12H,2-3,7,9,13-17H2,1H3. The first-order valence-corrected chi connectivity index (χ1v) is 10.2. The number of methoxy groups -OCH3 is 1. The van der Waals surface area contributed by atoms with E-state index in [1.165, 1.54) is 24.0 Å². The summed E-state index contributed by atoms with van der Waals surface area (Å²) in [4.78, 5) is 16.8. The van der Waals surface area contributed by atoms with Crippen LogP contribution in [0.1, 0.15) is 24.0 Å². The smallest absolute Gasteiger partial charge is 0.260 e. The van der Waals surface area contributed by atoms with Gasteiger partial charge in [0.25, 0.3) is 5.91 Å². The fraction of sp³-hybridized carbons (Fsp3) is 0.435. The SMILES string of the molecule is COc1ccccc1N1CCN(C(=O)COc2cccc3c2CCCC3)CC1. The molecule has 0 N–H and O–H groups in total. The number of hydrogen-bond acceptors (Lipinski definition) is 4. The molecule has 0 saturated carbocycles. The highest BCUT2D eigenvalue weighted by atomic mass is 16.5. The van der Waals surface area contributed by atoms with Crippen LogP contribution in [-0.2, 0) is 17.6 Å². The summed E-state index contributed by atoms with van der Waals surface area (Å²) < 4.78 is 11.4. The molecule has 0 aromatic heterocycles. The molecule has 148 valence electrons. The first-order chi connectivity index (χ1) is 13.8. The topological polar surface area (TPSA) is 42.0 Å². The summed E-state index contributed by atoms with van der Waals surface area (Å²) in [5.74, 6) is 1.82. The summed E-state index contributed by atoms with van der Waals surface area (Å²) in [6.07, 6.45) is 4.61. The van der Waals surface area contributed by atoms with Crippen LogP contribution < -0.4 is 14.4 Å². The Morgan fingerprint density at radius 3 is 2.50 bits per heavy atom. The predicted octanol–water partition coefficient (Wildman–Crippen LogP) is 3.30. The molecular weight excluding hydrogens is 352 g/mol. The lowest BCUT2D eigenvalue weighted by atomic mass is 9.91. The van der Waals surface area contributed by atoms with Gasteiger partial charge >= 0.3 is 0 Å². The van der Waals surface area contributed by atoms with Crippen molar-refractivity contribution in [3.63, 3.8) is 0 Å². The molecule has 2 aliphatic rings. The number of nitrogens with zero attached hydrogens (tertiary/aromatic N) is 2. The summed E-state index contributed by atoms with van der Waals surface area (Å²) in [7, 11) is 1.69. The van der Waals surface area contributed by atoms with Crippen molar-refractivity contribution in [2.24, 2.45) is 0 Å². The van der Waals surface area contributed by atoms with Crippen LogP contribution in [0.2, 0.25) is 0 Å². The second kappa shape index (κ2) is 8.55. The van der Waals surface area contributed by atoms with Crippen LogP contribution in [0, 0.1) is 0 Å². The molecule has 4 rings (SSSR count). The van der Waals surface area contributed by atoms with Crippen molar-refractivity contribution in [2.75, 3.05) is 44.8 Å². The number of benzene rings is 2. The largest absolute Gasteiger partial charge is 0.495 e. The van der Waals surface area contributed by atoms with E-state index in [9.17, 15) is 4.79 Å². The van der Waals surface area contributed by atoms with Crippen molar-refractivity contribution in [1.82, 2.24) is 4.90 Å². The Kier molecular flexibility index (Phi) is 5.70. The van der Waals surface area contributed by atoms with E-state index < -0.39 is 0 Å². The van der Waals surface area contributed by atoms with E-state index in [1.807, 2.05) is 35.2 Å². The number of carbonyl (C=O) groups excluding carboxylic acids is 1. The van der Waals surface area contributed by atoms with Gasteiger partial charge in [-0.05, 0) is 55.0 Å². The molecule has 2 aromatic carbocycles. The highest BCUT2D eigenvalue weighted by Crippen LogP contribution is 2.30. The van der Waals surface area contributed by atoms with Crippen LogP contribution in [0.4, 0.5) is 5.69 Å². The predicted molar refractivity (Wildman–Crippen MR) is 110 cm³/mol. The van der Waals surface area contributed by atoms with E-state index in [-0.39, 0.29) is 12.5 Å². The molecule has 1 amide bonds. The Morgan fingerprint density at radius 1 is 0.929 bits per heavy atom. The number of piperazine rings is 1. The molecule has 1 saturated heterocycles. The molecule has 0 radical (unpaired) electrons. The van der Waals surface area contributed by atoms with Gasteiger partial charge in [-0.2, -0.15) is 0 Å². The Balaban J connectivity index is 1.32. The van der Waals surface area contributed by atoms with Crippen LogP contribution in [0.5, 0.6) is 11.5 Å². The number of anilines is 1. The summed E-state index contributed by atoms with van der Waals surface area (Å²) in [5.41, 5.74) is 3.76. The van der Waals surface area contributed by atoms with E-state index in [1.54, 1.807) is 7.11 Å². The van der Waals surface area contributed by atoms with Gasteiger partial charge in [0.2, 0.25) is 0 Å². The number of amides is 1. The van der Waals surface area contributed by atoms with Crippen LogP contribution in [0.15, 0.2) is 42.5 Å². The fourth-order valence-corrected chi connectivity index (χ4v) is 4.20. The number of ether oxygens (including phenoxy) is 2. The molecule has 5 nitrogen and oxygen atoms in total. The lowest BCUT2D eigenvalue weighted by Gasteiger charge is -2.36. The molecular formula is C23H28N2O3. The average molecular weight is 380 g/mol. The van der Waals surface area contributed by atoms with Gasteiger partial charge in [-0.3, -0.25) is 4.79 Å². The Hall–Kier alpha value is -2.69. The van der Waals surface area contributed by atoms with Gasteiger partial charge in [0, 0.05) is 26.2 Å². The number of rotatable bonds is 5. The quantitative estimate of drug-likeness (QED) is 0.798. The monoisotopic (exact) mass is 380 g/mol. The highest BCUT2D eigenvalue weighted by Gasteiger charge is 2.23. The van der Waals surface area contributed by atoms with E-state index >= 15 is 0 Å². The fourth-order valence-electron chi connectivity index (χ4n) is 4.20. The average Bonchev–Trinajstić information content (AvgIpc) is 2.77. The Morgan fingerprint density at radius 2 is 1.68 bits per heavy atom. The van der Waals surface area contributed by atoms with Gasteiger partial charge in [0.15, 0.2) is 6.61 Å². The van der Waals surface area contributed by atoms with Gasteiger partial charge < -0.3 is 19.3 Å². The maximum Gasteiger partial charge on any atom is 0.260 e. The minimum Gasteiger partial charge on any atom is -0.495 e. The number of para-hydroxylation sites is 2. The van der Waals surface area contributed by atoms with E-state index in [2.05, 4.69) is 17.0 Å². The summed E-state index contributed by atoms with van der Waals surface area (Å²) in [6.45, 7) is 3.12. The van der Waals surface area contributed by atoms with Gasteiger partial charge in [-0.1, -0.05) is 24.3 Å². The Bertz CT molecular complexity index is 828. The molecule has 1 fully saturated rings. The molecule has 0 atom stereocenters. The van der Waals surface area contributed by atoms with E-state index in [4.69, 9.17) is 9.47 Å². The van der Waals surface area contributed by atoms with Crippen LogP contribution in [0.25, 0.3) is 0 Å². The van der Waals surface area contributed by atoms with Crippen molar-refractivity contribution < 1.29 is 14.3 Å². The zero-order chi connectivity index (χ0) is 19.3. The van der Waals surface area contributed by atoms with Crippen molar-refractivity contribution in [1.29, 1.82) is 0 Å². The number of aryl methyl sites for hydroxylation is 1. The zero-order valence-corrected chi connectivity index (χ0v) is 16.5. The van der Waals surface area contributed by atoms with E-state index in [0.29, 0.717) is 13.1 Å². The summed E-state index contributed by atoms with van der Waals surface area (Å²) in [6, 6.07) is 14.2. The molecule has 0 spiro atoms. The second-order valence-corrected chi connectivity index (χ2v) is 7.43. The normalized spacial score (nSPS) is 16.5. The zero-order valence-electron chi connectivity index (χ0n) is 16.5. The Labute approximate surface area is 166 Å². The molecule has 1 heterocycles. The molecule has 2 aromatic rings. The third-order valence-corrected chi connectivity index (χ3v) is 5.76. The first kappa shape index (κ1) is 18.7. The molecule has 28 heavy (non-hydrogen) atoms. The lowest BCUT2D eigenvalue weighted by molar-refractivity contribution is -0.133. The maximum absolute atomic E-state index is 12.7. The van der Waals surface area contributed by atoms with Crippen LogP contribution in [-0.4, -0.2) is 50.7 Å². The van der Waals surface area contributed by atoms with Gasteiger partial charge in [-0.15, -0.1) is 0 Å². The van der Waals surface area contributed by atoms with E-state index in [0.717, 1.165) is 43.1 Å². The number of hydrogen-bond donors (Lipinski definition) is 0. The van der Waals surface area contributed by atoms with Crippen LogP contribution >= 0.6 is 0 Å². The van der Waals surface area contributed by atoms with Crippen LogP contribution in [0.3, 0.4) is 0 Å². The van der Waals surface area contributed by atoms with Gasteiger partial charge in [-0.25, -0.2) is 0 Å². The van der Waals surface area contributed by atoms with Crippen molar-refractivity contribution >= 4 is 11.6 Å². The highest BCUT2D eigenvalue weighted by molar-refractivity contribution is 5.78. The third-order valence-electron chi connectivity index (χ3n) is 5.76. The molecule has 1 aliphatic heterocycles. The summed E-state index contributed by atoms with van der Waals surface area (Å²) in [5, 5.41) is 0. The molecule has 1 aliphatic carbocycles. The maximum atomic E-state index is 12.7. The number of fused-ring (bicyclic) bond motifs is 1.